The first-order valence-electron chi connectivity index (χ1n) is 10.0. The Morgan fingerprint density at radius 2 is 1.88 bits per heavy atom. The van der Waals surface area contributed by atoms with Crippen molar-refractivity contribution >= 4 is 47.0 Å². The zero-order valence-electron chi connectivity index (χ0n) is 17.9. The standard InChI is InChI=1S/C24H20Cl2N4O2S/c1-15-5-3-7-18(11-15)30-23(20-10-9-16(25)12-21(20)26)28-29(24(30)33)14-22(31)27-17-6-4-8-19(13-17)32-2/h3-13H,14H2,1-2H3,(H,27,31). The summed E-state index contributed by atoms with van der Waals surface area (Å²) in [6, 6.07) is 20.1. The second-order valence-corrected chi connectivity index (χ2v) is 8.55. The number of halogens is 2. The van der Waals surface area contributed by atoms with E-state index >= 15 is 0 Å². The average molecular weight is 499 g/mol. The number of aromatic nitrogens is 3. The molecule has 0 fully saturated rings. The summed E-state index contributed by atoms with van der Waals surface area (Å²) >= 11 is 18.3. The molecule has 9 heteroatoms. The van der Waals surface area contributed by atoms with Gasteiger partial charge in [-0.3, -0.25) is 9.36 Å². The number of amides is 1. The van der Waals surface area contributed by atoms with Crippen LogP contribution in [0.1, 0.15) is 5.56 Å². The minimum Gasteiger partial charge on any atom is -0.497 e. The molecule has 0 radical (unpaired) electrons. The zero-order chi connectivity index (χ0) is 23.5. The summed E-state index contributed by atoms with van der Waals surface area (Å²) in [5.41, 5.74) is 3.15. The topological polar surface area (TPSA) is 61.1 Å². The number of anilines is 1. The van der Waals surface area contributed by atoms with Crippen LogP contribution in [0.25, 0.3) is 17.1 Å². The molecule has 0 spiro atoms. The van der Waals surface area contributed by atoms with Crippen LogP contribution in [0.3, 0.4) is 0 Å². The minimum atomic E-state index is -0.276. The molecule has 1 aromatic heterocycles. The maximum Gasteiger partial charge on any atom is 0.246 e. The van der Waals surface area contributed by atoms with Gasteiger partial charge in [-0.2, -0.15) is 5.10 Å². The number of aryl methyl sites for hydroxylation is 1. The van der Waals surface area contributed by atoms with Gasteiger partial charge in [0.2, 0.25) is 10.7 Å². The zero-order valence-corrected chi connectivity index (χ0v) is 20.2. The largest absolute Gasteiger partial charge is 0.497 e. The van der Waals surface area contributed by atoms with Crippen molar-refractivity contribution in [1.29, 1.82) is 0 Å². The van der Waals surface area contributed by atoms with E-state index in [2.05, 4.69) is 10.4 Å². The molecule has 33 heavy (non-hydrogen) atoms. The van der Waals surface area contributed by atoms with E-state index in [0.717, 1.165) is 11.3 Å². The van der Waals surface area contributed by atoms with E-state index in [-0.39, 0.29) is 12.5 Å². The van der Waals surface area contributed by atoms with Gasteiger partial charge in [0.15, 0.2) is 5.82 Å². The fraction of sp³-hybridized carbons (Fsp3) is 0.125. The van der Waals surface area contributed by atoms with Gasteiger partial charge in [0, 0.05) is 22.3 Å². The Morgan fingerprint density at radius 3 is 2.61 bits per heavy atom. The highest BCUT2D eigenvalue weighted by Gasteiger charge is 2.19. The lowest BCUT2D eigenvalue weighted by Gasteiger charge is -2.09. The molecule has 0 saturated carbocycles. The Balaban J connectivity index is 1.75. The third kappa shape index (κ3) is 5.11. The van der Waals surface area contributed by atoms with Gasteiger partial charge in [-0.15, -0.1) is 0 Å². The fourth-order valence-electron chi connectivity index (χ4n) is 3.39. The molecular formula is C24H20Cl2N4O2S. The summed E-state index contributed by atoms with van der Waals surface area (Å²) < 4.78 is 8.85. The van der Waals surface area contributed by atoms with Crippen LogP contribution in [0.5, 0.6) is 5.75 Å². The van der Waals surface area contributed by atoms with Crippen molar-refractivity contribution in [2.45, 2.75) is 13.5 Å². The molecule has 0 aliphatic carbocycles. The van der Waals surface area contributed by atoms with E-state index in [1.54, 1.807) is 54.1 Å². The molecule has 0 atom stereocenters. The van der Waals surface area contributed by atoms with E-state index in [1.165, 1.54) is 4.68 Å². The molecule has 0 saturated heterocycles. The van der Waals surface area contributed by atoms with Crippen molar-refractivity contribution in [2.75, 3.05) is 12.4 Å². The Kier molecular flexibility index (Phi) is 6.83. The average Bonchev–Trinajstić information content (AvgIpc) is 3.09. The van der Waals surface area contributed by atoms with Crippen LogP contribution in [0.2, 0.25) is 10.0 Å². The molecule has 4 aromatic rings. The maximum absolute atomic E-state index is 12.8. The van der Waals surface area contributed by atoms with Gasteiger partial charge in [-0.25, -0.2) is 4.68 Å². The predicted molar refractivity (Wildman–Crippen MR) is 134 cm³/mol. The summed E-state index contributed by atoms with van der Waals surface area (Å²) in [5.74, 6) is 0.885. The van der Waals surface area contributed by atoms with E-state index < -0.39 is 0 Å². The molecule has 168 valence electrons. The number of ether oxygens (including phenoxy) is 1. The van der Waals surface area contributed by atoms with Gasteiger partial charge in [-0.1, -0.05) is 41.4 Å². The second kappa shape index (κ2) is 9.79. The number of carbonyl (C=O) groups is 1. The van der Waals surface area contributed by atoms with Crippen LogP contribution in [0, 0.1) is 11.7 Å². The summed E-state index contributed by atoms with van der Waals surface area (Å²) in [6.45, 7) is 1.92. The molecule has 1 heterocycles. The number of methoxy groups -OCH3 is 1. The Labute approximate surface area is 206 Å². The van der Waals surface area contributed by atoms with Crippen molar-refractivity contribution in [3.63, 3.8) is 0 Å². The van der Waals surface area contributed by atoms with E-state index in [4.69, 9.17) is 40.2 Å². The van der Waals surface area contributed by atoms with Crippen molar-refractivity contribution in [1.82, 2.24) is 14.3 Å². The number of rotatable bonds is 6. The van der Waals surface area contributed by atoms with Gasteiger partial charge in [-0.05, 0) is 67.2 Å². The highest BCUT2D eigenvalue weighted by Crippen LogP contribution is 2.31. The van der Waals surface area contributed by atoms with Crippen LogP contribution in [-0.4, -0.2) is 27.4 Å². The quantitative estimate of drug-likeness (QED) is 0.315. The van der Waals surface area contributed by atoms with Gasteiger partial charge < -0.3 is 10.1 Å². The summed E-state index contributed by atoms with van der Waals surface area (Å²) in [6.07, 6.45) is 0. The number of nitrogens with one attached hydrogen (secondary N) is 1. The lowest BCUT2D eigenvalue weighted by Crippen LogP contribution is -2.19. The molecule has 4 rings (SSSR count). The molecule has 6 nitrogen and oxygen atoms in total. The summed E-state index contributed by atoms with van der Waals surface area (Å²) in [7, 11) is 1.57. The highest BCUT2D eigenvalue weighted by molar-refractivity contribution is 7.71. The first-order chi connectivity index (χ1) is 15.9. The molecule has 0 bridgehead atoms. The molecule has 3 aromatic carbocycles. The second-order valence-electron chi connectivity index (χ2n) is 7.34. The van der Waals surface area contributed by atoms with Crippen molar-refractivity contribution in [3.8, 4) is 22.8 Å². The number of hydrogen-bond acceptors (Lipinski definition) is 4. The smallest absolute Gasteiger partial charge is 0.246 e. The summed E-state index contributed by atoms with van der Waals surface area (Å²) in [5, 5.41) is 8.45. The predicted octanol–water partition coefficient (Wildman–Crippen LogP) is 6.33. The third-order valence-electron chi connectivity index (χ3n) is 4.92. The third-order valence-corrected chi connectivity index (χ3v) is 5.86. The van der Waals surface area contributed by atoms with Gasteiger partial charge in [0.05, 0.1) is 17.8 Å². The van der Waals surface area contributed by atoms with Crippen LogP contribution in [-0.2, 0) is 11.3 Å². The lowest BCUT2D eigenvalue weighted by atomic mass is 10.2. The summed E-state index contributed by atoms with van der Waals surface area (Å²) in [4.78, 5) is 12.8. The van der Waals surface area contributed by atoms with E-state index in [1.807, 2.05) is 31.2 Å². The minimum absolute atomic E-state index is 0.0763. The number of hydrogen-bond donors (Lipinski definition) is 1. The van der Waals surface area contributed by atoms with Crippen LogP contribution >= 0.6 is 35.4 Å². The molecule has 0 aliphatic rings. The van der Waals surface area contributed by atoms with Crippen molar-refractivity contribution < 1.29 is 9.53 Å². The maximum atomic E-state index is 12.8. The first-order valence-corrected chi connectivity index (χ1v) is 11.2. The first kappa shape index (κ1) is 23.0. The Morgan fingerprint density at radius 1 is 1.09 bits per heavy atom. The molecule has 0 aliphatic heterocycles. The fourth-order valence-corrected chi connectivity index (χ4v) is 4.18. The van der Waals surface area contributed by atoms with Crippen molar-refractivity contribution in [3.05, 3.63) is 87.1 Å². The monoisotopic (exact) mass is 498 g/mol. The Hall–Kier alpha value is -3.13. The molecular weight excluding hydrogens is 479 g/mol. The van der Waals surface area contributed by atoms with E-state index in [9.17, 15) is 4.79 Å². The normalized spacial score (nSPS) is 10.8. The van der Waals surface area contributed by atoms with Gasteiger partial charge in [0.25, 0.3) is 0 Å². The number of carbonyl (C=O) groups excluding carboxylic acids is 1. The van der Waals surface area contributed by atoms with Crippen molar-refractivity contribution in [2.24, 2.45) is 0 Å². The number of benzene rings is 3. The highest BCUT2D eigenvalue weighted by atomic mass is 35.5. The van der Waals surface area contributed by atoms with Gasteiger partial charge >= 0.3 is 0 Å². The van der Waals surface area contributed by atoms with E-state index in [0.29, 0.717) is 37.6 Å². The SMILES string of the molecule is COc1cccc(NC(=O)Cn2nc(-c3ccc(Cl)cc3Cl)n(-c3cccc(C)c3)c2=S)c1. The van der Waals surface area contributed by atoms with Crippen LogP contribution in [0.15, 0.2) is 66.7 Å². The molecule has 1 N–H and O–H groups in total. The molecule has 0 unspecified atom stereocenters. The van der Waals surface area contributed by atoms with Crippen LogP contribution < -0.4 is 10.1 Å². The molecule has 1 amide bonds. The number of nitrogens with zero attached hydrogens (tertiary/aromatic N) is 3. The Bertz CT molecular complexity index is 1400. The van der Waals surface area contributed by atoms with Crippen LogP contribution in [0.4, 0.5) is 5.69 Å². The van der Waals surface area contributed by atoms with Gasteiger partial charge in [0.1, 0.15) is 12.3 Å². The lowest BCUT2D eigenvalue weighted by molar-refractivity contribution is -0.116.